The van der Waals surface area contributed by atoms with Gasteiger partial charge in [0.15, 0.2) is 0 Å². The molecule has 36 heavy (non-hydrogen) atoms. The van der Waals surface area contributed by atoms with E-state index in [1.807, 2.05) is 31.2 Å². The number of rotatable bonds is 9. The Bertz CT molecular complexity index is 1000. The summed E-state index contributed by atoms with van der Waals surface area (Å²) in [5.74, 6) is -0.219. The van der Waals surface area contributed by atoms with E-state index in [1.54, 1.807) is 4.90 Å². The van der Waals surface area contributed by atoms with Crippen molar-refractivity contribution in [3.8, 4) is 0 Å². The van der Waals surface area contributed by atoms with Crippen LogP contribution in [-0.2, 0) is 16.1 Å². The average molecular weight is 493 g/mol. The Morgan fingerprint density at radius 3 is 2.39 bits per heavy atom. The van der Waals surface area contributed by atoms with Crippen LogP contribution < -0.4 is 11.1 Å². The summed E-state index contributed by atoms with van der Waals surface area (Å²) in [4.78, 5) is 31.0. The minimum absolute atomic E-state index is 0.0921. The third kappa shape index (κ3) is 6.72. The molecule has 2 aliphatic heterocycles. The van der Waals surface area contributed by atoms with Crippen LogP contribution in [0.4, 0.5) is 0 Å². The van der Waals surface area contributed by atoms with Crippen LogP contribution in [0.3, 0.4) is 0 Å². The monoisotopic (exact) mass is 492 g/mol. The Labute approximate surface area is 215 Å². The van der Waals surface area contributed by atoms with Crippen molar-refractivity contribution in [2.75, 3.05) is 32.8 Å². The first-order valence-electron chi connectivity index (χ1n) is 13.2. The van der Waals surface area contributed by atoms with Gasteiger partial charge in [0.05, 0.1) is 6.10 Å². The maximum atomic E-state index is 13.5. The molecular formula is C29H40N4O3. The van der Waals surface area contributed by atoms with Crippen LogP contribution in [0, 0.1) is 13.8 Å². The van der Waals surface area contributed by atoms with Gasteiger partial charge in [-0.2, -0.15) is 0 Å². The van der Waals surface area contributed by atoms with Crippen LogP contribution >= 0.6 is 0 Å². The lowest BCUT2D eigenvalue weighted by Crippen LogP contribution is -2.58. The second-order valence-electron chi connectivity index (χ2n) is 10.2. The number of nitrogens with one attached hydrogen (secondary N) is 1. The molecule has 2 saturated heterocycles. The summed E-state index contributed by atoms with van der Waals surface area (Å²) < 4.78 is 5.99. The number of aryl methyl sites for hydroxylation is 2. The predicted molar refractivity (Wildman–Crippen MR) is 142 cm³/mol. The second kappa shape index (κ2) is 12.5. The molecule has 2 aliphatic rings. The van der Waals surface area contributed by atoms with Gasteiger partial charge < -0.3 is 20.7 Å². The van der Waals surface area contributed by atoms with E-state index in [1.165, 1.54) is 11.1 Å². The first-order chi connectivity index (χ1) is 17.4. The van der Waals surface area contributed by atoms with Gasteiger partial charge in [0.2, 0.25) is 5.91 Å². The number of likely N-dealkylation sites (tertiary alicyclic amines) is 1. The number of piperidine rings is 1. The van der Waals surface area contributed by atoms with Gasteiger partial charge in [-0.25, -0.2) is 0 Å². The SMILES string of the molecule is Cc1ccc(CN(CC2CCCO2)C2CCN(C(=O)c3ccc(C)cc3)[C@@H](C(=O)NCCN)C2)cc1. The molecule has 2 unspecified atom stereocenters. The molecule has 2 aromatic rings. The molecule has 2 fully saturated rings. The van der Waals surface area contributed by atoms with Gasteiger partial charge in [0.1, 0.15) is 6.04 Å². The molecule has 3 N–H and O–H groups in total. The summed E-state index contributed by atoms with van der Waals surface area (Å²) in [5.41, 5.74) is 9.86. The van der Waals surface area contributed by atoms with Crippen LogP contribution in [0.5, 0.6) is 0 Å². The van der Waals surface area contributed by atoms with Crippen molar-refractivity contribution in [2.24, 2.45) is 5.73 Å². The molecule has 194 valence electrons. The third-order valence-corrected chi connectivity index (χ3v) is 7.37. The lowest BCUT2D eigenvalue weighted by atomic mass is 9.93. The van der Waals surface area contributed by atoms with Crippen LogP contribution in [0.15, 0.2) is 48.5 Å². The zero-order chi connectivity index (χ0) is 25.5. The van der Waals surface area contributed by atoms with E-state index in [4.69, 9.17) is 10.5 Å². The number of nitrogens with zero attached hydrogens (tertiary/aromatic N) is 2. The number of hydrogen-bond acceptors (Lipinski definition) is 5. The molecule has 0 bridgehead atoms. The van der Waals surface area contributed by atoms with Gasteiger partial charge in [-0.15, -0.1) is 0 Å². The van der Waals surface area contributed by atoms with Crippen molar-refractivity contribution in [3.05, 3.63) is 70.8 Å². The Hall–Kier alpha value is -2.74. The fourth-order valence-electron chi connectivity index (χ4n) is 5.27. The minimum atomic E-state index is -0.533. The Morgan fingerprint density at radius 1 is 1.06 bits per heavy atom. The molecule has 0 aromatic heterocycles. The summed E-state index contributed by atoms with van der Waals surface area (Å²) in [7, 11) is 0. The normalized spacial score (nSPS) is 22.1. The fourth-order valence-corrected chi connectivity index (χ4v) is 5.27. The van der Waals surface area contributed by atoms with E-state index in [0.717, 1.165) is 44.5 Å². The topological polar surface area (TPSA) is 87.9 Å². The van der Waals surface area contributed by atoms with Crippen molar-refractivity contribution >= 4 is 11.8 Å². The Morgan fingerprint density at radius 2 is 1.75 bits per heavy atom. The molecule has 2 heterocycles. The van der Waals surface area contributed by atoms with Gasteiger partial charge in [-0.05, 0) is 57.2 Å². The highest BCUT2D eigenvalue weighted by Gasteiger charge is 2.39. The molecular weight excluding hydrogens is 452 g/mol. The number of ether oxygens (including phenoxy) is 1. The van der Waals surface area contributed by atoms with Crippen LogP contribution in [0.25, 0.3) is 0 Å². The molecule has 7 heteroatoms. The van der Waals surface area contributed by atoms with Crippen LogP contribution in [0.2, 0.25) is 0 Å². The fraction of sp³-hybridized carbons (Fsp3) is 0.517. The zero-order valence-corrected chi connectivity index (χ0v) is 21.6. The molecule has 0 saturated carbocycles. The summed E-state index contributed by atoms with van der Waals surface area (Å²) in [6, 6.07) is 15.9. The van der Waals surface area contributed by atoms with Gasteiger partial charge in [0, 0.05) is 50.9 Å². The largest absolute Gasteiger partial charge is 0.377 e. The van der Waals surface area contributed by atoms with Crippen molar-refractivity contribution in [3.63, 3.8) is 0 Å². The van der Waals surface area contributed by atoms with Gasteiger partial charge in [0.25, 0.3) is 5.91 Å². The Kier molecular flexibility index (Phi) is 9.13. The lowest BCUT2D eigenvalue weighted by Gasteiger charge is -2.43. The minimum Gasteiger partial charge on any atom is -0.377 e. The van der Waals surface area contributed by atoms with Gasteiger partial charge >= 0.3 is 0 Å². The molecule has 0 radical (unpaired) electrons. The standard InChI is InChI=1S/C29H40N4O3/c1-21-5-9-23(10-6-21)19-32(20-26-4-3-17-36-26)25-13-16-33(27(18-25)28(34)31-15-14-30)29(35)24-11-7-22(2)8-12-24/h5-12,25-27H,3-4,13-20,30H2,1-2H3,(H,31,34)/t25?,26?,27-/m1/s1. The van der Waals surface area contributed by atoms with Crippen molar-refractivity contribution < 1.29 is 14.3 Å². The van der Waals surface area contributed by atoms with Crippen LogP contribution in [-0.4, -0.2) is 72.6 Å². The number of carbonyl (C=O) groups is 2. The average Bonchev–Trinajstić information content (AvgIpc) is 3.41. The first-order valence-corrected chi connectivity index (χ1v) is 13.2. The van der Waals surface area contributed by atoms with E-state index < -0.39 is 6.04 Å². The number of amides is 2. The number of nitrogens with two attached hydrogens (primary N) is 1. The summed E-state index contributed by atoms with van der Waals surface area (Å²) >= 11 is 0. The molecule has 7 nitrogen and oxygen atoms in total. The Balaban J connectivity index is 1.55. The highest BCUT2D eigenvalue weighted by Crippen LogP contribution is 2.27. The quantitative estimate of drug-likeness (QED) is 0.562. The molecule has 0 spiro atoms. The van der Waals surface area contributed by atoms with Gasteiger partial charge in [-0.3, -0.25) is 14.5 Å². The first kappa shape index (κ1) is 26.3. The third-order valence-electron chi connectivity index (χ3n) is 7.37. The molecule has 2 amide bonds. The lowest BCUT2D eigenvalue weighted by molar-refractivity contribution is -0.127. The van der Waals surface area contributed by atoms with E-state index in [2.05, 4.69) is 41.4 Å². The molecule has 2 aromatic carbocycles. The maximum absolute atomic E-state index is 13.5. The molecule has 3 atom stereocenters. The number of hydrogen-bond donors (Lipinski definition) is 2. The van der Waals surface area contributed by atoms with E-state index in [0.29, 0.717) is 31.6 Å². The van der Waals surface area contributed by atoms with Crippen molar-refractivity contribution in [1.29, 1.82) is 0 Å². The van der Waals surface area contributed by atoms with Crippen molar-refractivity contribution in [2.45, 2.75) is 64.3 Å². The maximum Gasteiger partial charge on any atom is 0.254 e. The summed E-state index contributed by atoms with van der Waals surface area (Å²) in [5, 5.41) is 2.93. The van der Waals surface area contributed by atoms with Crippen molar-refractivity contribution in [1.82, 2.24) is 15.1 Å². The van der Waals surface area contributed by atoms with Crippen LogP contribution in [0.1, 0.15) is 52.7 Å². The second-order valence-corrected chi connectivity index (χ2v) is 10.2. The van der Waals surface area contributed by atoms with Gasteiger partial charge in [-0.1, -0.05) is 47.5 Å². The summed E-state index contributed by atoms with van der Waals surface area (Å²) in [6.45, 7) is 7.85. The highest BCUT2D eigenvalue weighted by atomic mass is 16.5. The highest BCUT2D eigenvalue weighted by molar-refractivity contribution is 5.97. The van der Waals surface area contributed by atoms with E-state index in [-0.39, 0.29) is 24.0 Å². The summed E-state index contributed by atoms with van der Waals surface area (Å²) in [6.07, 6.45) is 3.78. The zero-order valence-electron chi connectivity index (χ0n) is 21.6. The number of benzene rings is 2. The molecule has 4 rings (SSSR count). The van der Waals surface area contributed by atoms with E-state index in [9.17, 15) is 9.59 Å². The number of carbonyl (C=O) groups excluding carboxylic acids is 2. The smallest absolute Gasteiger partial charge is 0.254 e. The predicted octanol–water partition coefficient (Wildman–Crippen LogP) is 3.03. The van der Waals surface area contributed by atoms with E-state index >= 15 is 0 Å². The molecule has 0 aliphatic carbocycles.